The molecule has 2 aliphatic rings. The Morgan fingerprint density at radius 3 is 2.36 bits per heavy atom. The van der Waals surface area contributed by atoms with E-state index in [0.717, 1.165) is 6.54 Å². The van der Waals surface area contributed by atoms with Crippen LogP contribution in [0.3, 0.4) is 0 Å². The Hall–Kier alpha value is -0.0800. The van der Waals surface area contributed by atoms with E-state index >= 15 is 0 Å². The molecule has 2 nitrogen and oxygen atoms in total. The lowest BCUT2D eigenvalue weighted by Crippen LogP contribution is -2.52. The summed E-state index contributed by atoms with van der Waals surface area (Å²) in [7, 11) is 0. The zero-order valence-corrected chi connectivity index (χ0v) is 9.66. The number of rotatable bonds is 3. The summed E-state index contributed by atoms with van der Waals surface area (Å²) >= 11 is 0. The first kappa shape index (κ1) is 10.4. The maximum Gasteiger partial charge on any atom is 0.0278 e. The lowest BCUT2D eigenvalue weighted by Gasteiger charge is -2.32. The standard InChI is InChI=1S/C12H24N2/c1-11(6-3-4-7-11)14-10-12(2)8-5-9-13-12/h13-14H,3-10H2,1-2H3. The summed E-state index contributed by atoms with van der Waals surface area (Å²) in [5, 5.41) is 7.39. The van der Waals surface area contributed by atoms with Crippen molar-refractivity contribution in [1.29, 1.82) is 0 Å². The third-order valence-corrected chi connectivity index (χ3v) is 4.07. The smallest absolute Gasteiger partial charge is 0.0278 e. The van der Waals surface area contributed by atoms with Gasteiger partial charge in [0.05, 0.1) is 0 Å². The van der Waals surface area contributed by atoms with Crippen LogP contribution in [0.15, 0.2) is 0 Å². The summed E-state index contributed by atoms with van der Waals surface area (Å²) in [4.78, 5) is 0. The molecule has 2 N–H and O–H groups in total. The maximum atomic E-state index is 3.78. The van der Waals surface area contributed by atoms with Crippen molar-refractivity contribution in [1.82, 2.24) is 10.6 Å². The maximum absolute atomic E-state index is 3.78. The molecule has 0 aromatic carbocycles. The molecular weight excluding hydrogens is 172 g/mol. The van der Waals surface area contributed by atoms with Gasteiger partial charge in [-0.1, -0.05) is 12.8 Å². The van der Waals surface area contributed by atoms with E-state index in [0.29, 0.717) is 11.1 Å². The lowest BCUT2D eigenvalue weighted by molar-refractivity contribution is 0.296. The van der Waals surface area contributed by atoms with Gasteiger partial charge >= 0.3 is 0 Å². The van der Waals surface area contributed by atoms with Crippen molar-refractivity contribution >= 4 is 0 Å². The van der Waals surface area contributed by atoms with E-state index in [4.69, 9.17) is 0 Å². The summed E-state index contributed by atoms with van der Waals surface area (Å²) in [6.45, 7) is 7.09. The SMILES string of the molecule is CC1(NCC2(C)CCCN2)CCCC1. The predicted molar refractivity (Wildman–Crippen MR) is 60.5 cm³/mol. The molecule has 1 aliphatic heterocycles. The topological polar surface area (TPSA) is 24.1 Å². The second-order valence-corrected chi connectivity index (χ2v) is 5.71. The van der Waals surface area contributed by atoms with Crippen molar-refractivity contribution in [2.24, 2.45) is 0 Å². The van der Waals surface area contributed by atoms with E-state index in [-0.39, 0.29) is 0 Å². The van der Waals surface area contributed by atoms with Crippen LogP contribution in [0, 0.1) is 0 Å². The molecule has 0 radical (unpaired) electrons. The van der Waals surface area contributed by atoms with Crippen LogP contribution in [0.5, 0.6) is 0 Å². The van der Waals surface area contributed by atoms with Crippen LogP contribution in [0.4, 0.5) is 0 Å². The van der Waals surface area contributed by atoms with Gasteiger partial charge in [-0.05, 0) is 46.1 Å². The van der Waals surface area contributed by atoms with Crippen LogP contribution in [-0.2, 0) is 0 Å². The van der Waals surface area contributed by atoms with Gasteiger partial charge in [-0.3, -0.25) is 0 Å². The molecule has 2 rings (SSSR count). The van der Waals surface area contributed by atoms with E-state index in [1.165, 1.54) is 45.1 Å². The molecule has 1 heterocycles. The number of hydrogen-bond donors (Lipinski definition) is 2. The molecule has 2 heteroatoms. The van der Waals surface area contributed by atoms with E-state index in [1.54, 1.807) is 0 Å². The minimum absolute atomic E-state index is 0.367. The van der Waals surface area contributed by atoms with Crippen LogP contribution in [0.25, 0.3) is 0 Å². The molecule has 1 aliphatic carbocycles. The van der Waals surface area contributed by atoms with Crippen molar-refractivity contribution in [3.05, 3.63) is 0 Å². The van der Waals surface area contributed by atoms with Gasteiger partial charge in [-0.15, -0.1) is 0 Å². The minimum Gasteiger partial charge on any atom is -0.310 e. The first-order valence-corrected chi connectivity index (χ1v) is 6.12. The van der Waals surface area contributed by atoms with Gasteiger partial charge in [0, 0.05) is 17.6 Å². The van der Waals surface area contributed by atoms with Gasteiger partial charge in [0.15, 0.2) is 0 Å². The van der Waals surface area contributed by atoms with E-state index in [1.807, 2.05) is 0 Å². The molecule has 0 aromatic heterocycles. The minimum atomic E-state index is 0.367. The summed E-state index contributed by atoms with van der Waals surface area (Å²) in [6.07, 6.45) is 8.22. The van der Waals surface area contributed by atoms with Gasteiger partial charge < -0.3 is 10.6 Å². The molecular formula is C12H24N2. The van der Waals surface area contributed by atoms with E-state index in [2.05, 4.69) is 24.5 Å². The fourth-order valence-electron chi connectivity index (χ4n) is 2.85. The number of nitrogens with one attached hydrogen (secondary N) is 2. The summed E-state index contributed by atoms with van der Waals surface area (Å²) in [5.41, 5.74) is 0.804. The normalized spacial score (nSPS) is 36.4. The average Bonchev–Trinajstić information content (AvgIpc) is 2.74. The van der Waals surface area contributed by atoms with E-state index in [9.17, 15) is 0 Å². The van der Waals surface area contributed by atoms with Crippen LogP contribution in [0.2, 0.25) is 0 Å². The lowest BCUT2D eigenvalue weighted by atomic mass is 9.95. The summed E-state index contributed by atoms with van der Waals surface area (Å²) in [6, 6.07) is 0. The molecule has 0 aromatic rings. The zero-order chi connectivity index (χ0) is 10.1. The largest absolute Gasteiger partial charge is 0.310 e. The van der Waals surface area contributed by atoms with Crippen LogP contribution in [0.1, 0.15) is 52.4 Å². The van der Waals surface area contributed by atoms with Gasteiger partial charge in [0.25, 0.3) is 0 Å². The predicted octanol–water partition coefficient (Wildman–Crippen LogP) is 2.05. The Balaban J connectivity index is 1.80. The fraction of sp³-hybridized carbons (Fsp3) is 1.00. The van der Waals surface area contributed by atoms with Crippen molar-refractivity contribution in [3.63, 3.8) is 0 Å². The number of hydrogen-bond acceptors (Lipinski definition) is 2. The Bertz CT molecular complexity index is 166. The van der Waals surface area contributed by atoms with Gasteiger partial charge in [-0.2, -0.15) is 0 Å². The zero-order valence-electron chi connectivity index (χ0n) is 9.66. The highest BCUT2D eigenvalue weighted by atomic mass is 15.1. The van der Waals surface area contributed by atoms with E-state index < -0.39 is 0 Å². The summed E-state index contributed by atoms with van der Waals surface area (Å²) < 4.78 is 0. The highest BCUT2D eigenvalue weighted by Crippen LogP contribution is 2.29. The Kier molecular flexibility index (Phi) is 2.85. The van der Waals surface area contributed by atoms with Crippen molar-refractivity contribution < 1.29 is 0 Å². The van der Waals surface area contributed by atoms with Gasteiger partial charge in [0.1, 0.15) is 0 Å². The highest BCUT2D eigenvalue weighted by Gasteiger charge is 2.33. The third kappa shape index (κ3) is 2.29. The molecule has 0 bridgehead atoms. The third-order valence-electron chi connectivity index (χ3n) is 4.07. The molecule has 82 valence electrons. The summed E-state index contributed by atoms with van der Waals surface area (Å²) in [5.74, 6) is 0. The molecule has 0 spiro atoms. The van der Waals surface area contributed by atoms with Gasteiger partial charge in [0.2, 0.25) is 0 Å². The van der Waals surface area contributed by atoms with Crippen molar-refractivity contribution in [2.75, 3.05) is 13.1 Å². The Labute approximate surface area is 87.8 Å². The van der Waals surface area contributed by atoms with Crippen molar-refractivity contribution in [2.45, 2.75) is 63.5 Å². The molecule has 1 unspecified atom stereocenters. The monoisotopic (exact) mass is 196 g/mol. The Morgan fingerprint density at radius 2 is 1.79 bits per heavy atom. The molecule has 14 heavy (non-hydrogen) atoms. The first-order valence-electron chi connectivity index (χ1n) is 6.12. The van der Waals surface area contributed by atoms with Gasteiger partial charge in [-0.25, -0.2) is 0 Å². The van der Waals surface area contributed by atoms with Crippen LogP contribution < -0.4 is 10.6 Å². The van der Waals surface area contributed by atoms with Crippen LogP contribution in [-0.4, -0.2) is 24.2 Å². The second kappa shape index (κ2) is 3.82. The second-order valence-electron chi connectivity index (χ2n) is 5.71. The van der Waals surface area contributed by atoms with Crippen LogP contribution >= 0.6 is 0 Å². The molecule has 0 amide bonds. The molecule has 2 fully saturated rings. The quantitative estimate of drug-likeness (QED) is 0.722. The molecule has 1 saturated heterocycles. The Morgan fingerprint density at radius 1 is 1.07 bits per heavy atom. The van der Waals surface area contributed by atoms with Crippen molar-refractivity contribution in [3.8, 4) is 0 Å². The average molecular weight is 196 g/mol. The highest BCUT2D eigenvalue weighted by molar-refractivity contribution is 4.95. The molecule has 1 atom stereocenters. The fourth-order valence-corrected chi connectivity index (χ4v) is 2.85. The first-order chi connectivity index (χ1) is 6.62. The molecule has 1 saturated carbocycles.